The fourth-order valence-electron chi connectivity index (χ4n) is 5.05. The van der Waals surface area contributed by atoms with Crippen LogP contribution in [0.5, 0.6) is 0 Å². The molecular weight excluding hydrogens is 362 g/mol. The Morgan fingerprint density at radius 1 is 0.964 bits per heavy atom. The number of rotatable bonds is 8. The topological polar surface area (TPSA) is 30.8 Å². The first kappa shape index (κ1) is 25.6. The maximum absolute atomic E-state index is 7.08. The van der Waals surface area contributed by atoms with Crippen molar-refractivity contribution in [1.29, 1.82) is 0 Å². The van der Waals surface area contributed by atoms with E-state index < -0.39 is 8.32 Å². The summed E-state index contributed by atoms with van der Waals surface area (Å²) in [7, 11) is -0.0258. The van der Waals surface area contributed by atoms with Crippen LogP contribution in [0.15, 0.2) is 16.6 Å². The Morgan fingerprint density at radius 3 is 1.93 bits per heavy atom. The summed E-state index contributed by atoms with van der Waals surface area (Å²) >= 11 is 0. The highest BCUT2D eigenvalue weighted by Crippen LogP contribution is 2.45. The third-order valence-corrected chi connectivity index (χ3v) is 12.4. The minimum absolute atomic E-state index is 0.0197. The summed E-state index contributed by atoms with van der Waals surface area (Å²) in [6.45, 7) is 22.7. The molecule has 0 aliphatic heterocycles. The SMILES string of the molecule is CO[C@@H]1C[C@H](/C=C(\C)C=NC(C)(C)C)CC[C@H]1O[Si](C(C)C)(C(C)C)C(C)C. The molecule has 0 aromatic heterocycles. The third-order valence-electron chi connectivity index (χ3n) is 6.29. The zero-order valence-corrected chi connectivity index (χ0v) is 21.5. The van der Waals surface area contributed by atoms with Crippen molar-refractivity contribution in [1.82, 2.24) is 0 Å². The summed E-state index contributed by atoms with van der Waals surface area (Å²) < 4.78 is 13.0. The largest absolute Gasteiger partial charge is 0.411 e. The van der Waals surface area contributed by atoms with Crippen molar-refractivity contribution in [3.63, 3.8) is 0 Å². The van der Waals surface area contributed by atoms with Gasteiger partial charge in [-0.3, -0.25) is 4.99 Å². The van der Waals surface area contributed by atoms with Gasteiger partial charge in [-0.25, -0.2) is 0 Å². The Balaban J connectivity index is 2.92. The minimum Gasteiger partial charge on any atom is -0.411 e. The quantitative estimate of drug-likeness (QED) is 0.314. The third kappa shape index (κ3) is 6.81. The molecule has 164 valence electrons. The molecule has 0 N–H and O–H groups in total. The van der Waals surface area contributed by atoms with Gasteiger partial charge in [0.1, 0.15) is 0 Å². The highest BCUT2D eigenvalue weighted by Gasteiger charge is 2.48. The normalized spacial score (nSPS) is 25.5. The highest BCUT2D eigenvalue weighted by molar-refractivity contribution is 6.77. The van der Waals surface area contributed by atoms with Crippen LogP contribution in [0.4, 0.5) is 0 Å². The molecule has 1 fully saturated rings. The van der Waals surface area contributed by atoms with E-state index in [4.69, 9.17) is 9.16 Å². The lowest BCUT2D eigenvalue weighted by molar-refractivity contribution is -0.0398. The molecule has 0 aromatic carbocycles. The van der Waals surface area contributed by atoms with E-state index in [1.165, 1.54) is 12.0 Å². The van der Waals surface area contributed by atoms with E-state index in [-0.39, 0.29) is 17.7 Å². The lowest BCUT2D eigenvalue weighted by Gasteiger charge is -2.47. The van der Waals surface area contributed by atoms with Gasteiger partial charge in [0.25, 0.3) is 0 Å². The molecular formula is C24H47NO2Si. The van der Waals surface area contributed by atoms with Crippen molar-refractivity contribution in [2.45, 2.75) is 123 Å². The van der Waals surface area contributed by atoms with E-state index in [0.29, 0.717) is 22.5 Å². The molecule has 28 heavy (non-hydrogen) atoms. The Kier molecular flexibility index (Phi) is 9.63. The van der Waals surface area contributed by atoms with E-state index in [9.17, 15) is 0 Å². The van der Waals surface area contributed by atoms with Crippen molar-refractivity contribution in [2.24, 2.45) is 10.9 Å². The predicted molar refractivity (Wildman–Crippen MR) is 126 cm³/mol. The first-order valence-electron chi connectivity index (χ1n) is 11.3. The average Bonchev–Trinajstić information content (AvgIpc) is 2.57. The van der Waals surface area contributed by atoms with Crippen LogP contribution in [0.25, 0.3) is 0 Å². The molecule has 0 aromatic rings. The molecule has 0 saturated heterocycles. The zero-order chi connectivity index (χ0) is 21.7. The van der Waals surface area contributed by atoms with E-state index in [1.54, 1.807) is 0 Å². The maximum Gasteiger partial charge on any atom is 0.200 e. The van der Waals surface area contributed by atoms with Gasteiger partial charge < -0.3 is 9.16 Å². The second kappa shape index (κ2) is 10.5. The van der Waals surface area contributed by atoms with Crippen LogP contribution in [0.3, 0.4) is 0 Å². The lowest BCUT2D eigenvalue weighted by atomic mass is 9.84. The van der Waals surface area contributed by atoms with Crippen LogP contribution in [-0.2, 0) is 9.16 Å². The van der Waals surface area contributed by atoms with Crippen molar-refractivity contribution in [3.05, 3.63) is 11.6 Å². The van der Waals surface area contributed by atoms with Gasteiger partial charge in [0.05, 0.1) is 17.7 Å². The first-order valence-corrected chi connectivity index (χ1v) is 13.4. The Morgan fingerprint density at radius 2 is 1.50 bits per heavy atom. The van der Waals surface area contributed by atoms with Gasteiger partial charge in [0.15, 0.2) is 0 Å². The molecule has 1 rings (SSSR count). The number of allylic oxidation sites excluding steroid dienone is 2. The summed E-state index contributed by atoms with van der Waals surface area (Å²) in [6, 6.07) is 0. The van der Waals surface area contributed by atoms with Gasteiger partial charge in [-0.2, -0.15) is 0 Å². The van der Waals surface area contributed by atoms with Gasteiger partial charge in [0.2, 0.25) is 8.32 Å². The molecule has 1 aliphatic carbocycles. The summed E-state index contributed by atoms with van der Waals surface area (Å²) in [5, 5.41) is 0. The monoisotopic (exact) mass is 409 g/mol. The fraction of sp³-hybridized carbons (Fsp3) is 0.875. The van der Waals surface area contributed by atoms with Crippen LogP contribution in [0.2, 0.25) is 16.6 Å². The number of hydrogen-bond acceptors (Lipinski definition) is 3. The molecule has 0 radical (unpaired) electrons. The van der Waals surface area contributed by atoms with Gasteiger partial charge in [-0.05, 0) is 75.1 Å². The molecule has 0 heterocycles. The molecule has 0 spiro atoms. The Labute approximate surface area is 176 Å². The van der Waals surface area contributed by atoms with Crippen LogP contribution in [-0.4, -0.2) is 39.4 Å². The van der Waals surface area contributed by atoms with Crippen LogP contribution in [0.1, 0.15) is 88.5 Å². The molecule has 1 saturated carbocycles. The van der Waals surface area contributed by atoms with E-state index >= 15 is 0 Å². The molecule has 0 bridgehead atoms. The first-order chi connectivity index (χ1) is 12.8. The number of hydrogen-bond donors (Lipinski definition) is 0. The number of aliphatic imine (C=N–C) groups is 1. The van der Waals surface area contributed by atoms with E-state index in [2.05, 4.69) is 80.3 Å². The minimum atomic E-state index is -1.88. The van der Waals surface area contributed by atoms with Crippen LogP contribution in [0, 0.1) is 5.92 Å². The highest BCUT2D eigenvalue weighted by atomic mass is 28.4. The Bertz CT molecular complexity index is 509. The lowest BCUT2D eigenvalue weighted by Crippen LogP contribution is -2.53. The van der Waals surface area contributed by atoms with Crippen LogP contribution >= 0.6 is 0 Å². The van der Waals surface area contributed by atoms with E-state index in [0.717, 1.165) is 12.8 Å². The van der Waals surface area contributed by atoms with Crippen molar-refractivity contribution < 1.29 is 9.16 Å². The molecule has 0 unspecified atom stereocenters. The van der Waals surface area contributed by atoms with E-state index in [1.807, 2.05) is 13.3 Å². The standard InChI is InChI=1S/C24H47NO2Si/c1-17(2)28(18(3)4,19(5)6)27-22-13-12-21(15-23(22)26-11)14-20(7)16-25-24(8,9)10/h14,16-19,21-23H,12-13,15H2,1-11H3/b20-14+,25-16?/t21-,22+,23+/m0/s1. The summed E-state index contributed by atoms with van der Waals surface area (Å²) in [6.07, 6.45) is 8.13. The summed E-state index contributed by atoms with van der Waals surface area (Å²) in [5.41, 5.74) is 3.06. The molecule has 1 aliphatic rings. The smallest absolute Gasteiger partial charge is 0.200 e. The zero-order valence-electron chi connectivity index (χ0n) is 20.5. The van der Waals surface area contributed by atoms with Gasteiger partial charge >= 0.3 is 0 Å². The maximum atomic E-state index is 7.08. The molecule has 4 heteroatoms. The number of nitrogens with zero attached hydrogens (tertiary/aromatic N) is 1. The average molecular weight is 410 g/mol. The van der Waals surface area contributed by atoms with Crippen LogP contribution < -0.4 is 0 Å². The fourth-order valence-corrected chi connectivity index (χ4v) is 10.7. The summed E-state index contributed by atoms with van der Waals surface area (Å²) in [5.74, 6) is 0.546. The van der Waals surface area contributed by atoms with Gasteiger partial charge in [0, 0.05) is 13.3 Å². The number of methoxy groups -OCH3 is 1. The molecule has 3 nitrogen and oxygen atoms in total. The van der Waals surface area contributed by atoms with Crippen molar-refractivity contribution in [2.75, 3.05) is 7.11 Å². The van der Waals surface area contributed by atoms with Gasteiger partial charge in [-0.1, -0.05) is 47.6 Å². The second-order valence-electron chi connectivity index (χ2n) is 10.7. The molecule has 0 amide bonds. The number of ether oxygens (including phenoxy) is 1. The van der Waals surface area contributed by atoms with Gasteiger partial charge in [-0.15, -0.1) is 0 Å². The predicted octanol–water partition coefficient (Wildman–Crippen LogP) is 7.18. The van der Waals surface area contributed by atoms with Crippen molar-refractivity contribution in [3.8, 4) is 0 Å². The molecule has 3 atom stereocenters. The summed E-state index contributed by atoms with van der Waals surface area (Å²) in [4.78, 5) is 4.64. The second-order valence-corrected chi connectivity index (χ2v) is 16.1. The Hall–Kier alpha value is -0.453. The van der Waals surface area contributed by atoms with Crippen molar-refractivity contribution >= 4 is 14.5 Å².